The number of carbonyl (C=O) groups excluding carboxylic acids is 2. The van der Waals surface area contributed by atoms with Crippen LogP contribution in [-0.2, 0) is 28.4 Å². The standard InChI is InChI=1S/C19H20ClFN4O6S/c1-22(2)14(26)9-30-15(27)19(5-6-19)31-13-8-12(11(21)7-10(13)20)25-16(28)23(3)18(32)24(4)17(25)29/h7-8H,5-6,9H2,1-4H3. The third-order valence-electron chi connectivity index (χ3n) is 4.98. The van der Waals surface area contributed by atoms with Crippen LogP contribution in [0.1, 0.15) is 12.8 Å². The number of halogens is 2. The first-order chi connectivity index (χ1) is 14.9. The Morgan fingerprint density at radius 2 is 1.75 bits per heavy atom. The summed E-state index contributed by atoms with van der Waals surface area (Å²) in [6.07, 6.45) is 0.568. The van der Waals surface area contributed by atoms with Crippen LogP contribution in [0.5, 0.6) is 5.75 Å². The summed E-state index contributed by atoms with van der Waals surface area (Å²) in [6, 6.07) is 1.93. The van der Waals surface area contributed by atoms with Crippen LogP contribution in [0.25, 0.3) is 5.69 Å². The van der Waals surface area contributed by atoms with Gasteiger partial charge in [-0.05, 0) is 18.3 Å². The molecule has 1 heterocycles. The van der Waals surface area contributed by atoms with Gasteiger partial charge in [-0.2, -0.15) is 0 Å². The lowest BCUT2D eigenvalue weighted by atomic mass is 10.2. The van der Waals surface area contributed by atoms with E-state index >= 15 is 0 Å². The van der Waals surface area contributed by atoms with Crippen molar-refractivity contribution >= 4 is 35.7 Å². The Morgan fingerprint density at radius 1 is 1.19 bits per heavy atom. The van der Waals surface area contributed by atoms with E-state index < -0.39 is 47.0 Å². The molecule has 1 aromatic carbocycles. The predicted molar refractivity (Wildman–Crippen MR) is 114 cm³/mol. The van der Waals surface area contributed by atoms with Crippen molar-refractivity contribution in [2.75, 3.05) is 20.7 Å². The second kappa shape index (κ2) is 8.51. The number of rotatable bonds is 6. The van der Waals surface area contributed by atoms with E-state index in [0.717, 1.165) is 21.3 Å². The number of hydrogen-bond donors (Lipinski definition) is 0. The molecule has 0 atom stereocenters. The number of carbonyl (C=O) groups is 2. The summed E-state index contributed by atoms with van der Waals surface area (Å²) in [5.74, 6) is -2.27. The van der Waals surface area contributed by atoms with Gasteiger partial charge in [0.25, 0.3) is 5.91 Å². The Hall–Kier alpha value is -2.99. The maximum atomic E-state index is 14.7. The molecule has 0 saturated heterocycles. The second-order valence-electron chi connectivity index (χ2n) is 7.50. The normalized spacial score (nSPS) is 14.1. The van der Waals surface area contributed by atoms with Crippen molar-refractivity contribution in [3.63, 3.8) is 0 Å². The molecule has 1 aromatic heterocycles. The third-order valence-corrected chi connectivity index (χ3v) is 5.82. The van der Waals surface area contributed by atoms with Crippen molar-refractivity contribution in [1.82, 2.24) is 18.6 Å². The molecule has 0 unspecified atom stereocenters. The lowest BCUT2D eigenvalue weighted by molar-refractivity contribution is -0.159. The zero-order valence-corrected chi connectivity index (χ0v) is 19.3. The third kappa shape index (κ3) is 4.19. The molecule has 0 radical (unpaired) electrons. The minimum Gasteiger partial charge on any atom is -0.474 e. The Bertz CT molecular complexity index is 1250. The van der Waals surface area contributed by atoms with Crippen molar-refractivity contribution in [1.29, 1.82) is 0 Å². The van der Waals surface area contributed by atoms with Crippen LogP contribution < -0.4 is 16.1 Å². The minimum atomic E-state index is -1.39. The molecule has 172 valence electrons. The van der Waals surface area contributed by atoms with E-state index in [9.17, 15) is 23.6 Å². The fourth-order valence-corrected chi connectivity index (χ4v) is 3.15. The van der Waals surface area contributed by atoms with Crippen LogP contribution >= 0.6 is 23.8 Å². The van der Waals surface area contributed by atoms with Gasteiger partial charge in [-0.3, -0.25) is 13.9 Å². The first-order valence-electron chi connectivity index (χ1n) is 9.34. The van der Waals surface area contributed by atoms with E-state index in [0.29, 0.717) is 4.57 Å². The lowest BCUT2D eigenvalue weighted by Gasteiger charge is -2.19. The van der Waals surface area contributed by atoms with Gasteiger partial charge < -0.3 is 14.4 Å². The molecule has 3 rings (SSSR count). The monoisotopic (exact) mass is 486 g/mol. The van der Waals surface area contributed by atoms with Gasteiger partial charge >= 0.3 is 17.3 Å². The highest BCUT2D eigenvalue weighted by molar-refractivity contribution is 7.71. The molecule has 0 bridgehead atoms. The highest BCUT2D eigenvalue weighted by atomic mass is 35.5. The molecule has 1 aliphatic carbocycles. The average molecular weight is 487 g/mol. The predicted octanol–water partition coefficient (Wildman–Crippen LogP) is 0.939. The Labute approximate surface area is 191 Å². The van der Waals surface area contributed by atoms with Crippen molar-refractivity contribution in [3.05, 3.63) is 48.7 Å². The van der Waals surface area contributed by atoms with Crippen molar-refractivity contribution in [2.45, 2.75) is 18.4 Å². The molecule has 10 nitrogen and oxygen atoms in total. The van der Waals surface area contributed by atoms with Gasteiger partial charge in [-0.25, -0.2) is 23.3 Å². The van der Waals surface area contributed by atoms with Crippen LogP contribution in [-0.4, -0.2) is 56.8 Å². The molecule has 0 aliphatic heterocycles. The van der Waals surface area contributed by atoms with Gasteiger partial charge in [0.15, 0.2) is 11.4 Å². The number of amides is 1. The molecule has 1 fully saturated rings. The van der Waals surface area contributed by atoms with Gasteiger partial charge in [0.1, 0.15) is 11.6 Å². The van der Waals surface area contributed by atoms with Gasteiger partial charge in [0.05, 0.1) is 10.7 Å². The molecule has 2 aromatic rings. The van der Waals surface area contributed by atoms with E-state index in [-0.39, 0.29) is 28.4 Å². The highest BCUT2D eigenvalue weighted by Gasteiger charge is 2.55. The molecule has 1 aliphatic rings. The smallest absolute Gasteiger partial charge is 0.350 e. The summed E-state index contributed by atoms with van der Waals surface area (Å²) in [7, 11) is 5.72. The van der Waals surface area contributed by atoms with Crippen molar-refractivity contribution in [2.24, 2.45) is 14.1 Å². The Kier molecular flexibility index (Phi) is 6.29. The number of ether oxygens (including phenoxy) is 2. The van der Waals surface area contributed by atoms with Gasteiger partial charge in [-0.15, -0.1) is 0 Å². The van der Waals surface area contributed by atoms with E-state index in [2.05, 4.69) is 0 Å². The summed E-state index contributed by atoms with van der Waals surface area (Å²) < 4.78 is 28.0. The summed E-state index contributed by atoms with van der Waals surface area (Å²) in [4.78, 5) is 50.6. The van der Waals surface area contributed by atoms with Crippen LogP contribution in [0.2, 0.25) is 5.02 Å². The number of likely N-dealkylation sites (N-methyl/N-ethyl adjacent to an activating group) is 1. The minimum absolute atomic E-state index is 0.0472. The lowest BCUT2D eigenvalue weighted by Crippen LogP contribution is -2.43. The summed E-state index contributed by atoms with van der Waals surface area (Å²) in [5.41, 5.74) is -3.55. The fourth-order valence-electron chi connectivity index (χ4n) is 2.80. The largest absolute Gasteiger partial charge is 0.474 e. The molecule has 1 saturated carbocycles. The van der Waals surface area contributed by atoms with Crippen LogP contribution in [0.15, 0.2) is 21.7 Å². The second-order valence-corrected chi connectivity index (χ2v) is 8.27. The van der Waals surface area contributed by atoms with Gasteiger partial charge in [0, 0.05) is 47.1 Å². The van der Waals surface area contributed by atoms with Crippen LogP contribution in [0, 0.1) is 10.6 Å². The molecular weight excluding hydrogens is 467 g/mol. The topological polar surface area (TPSA) is 105 Å². The quantitative estimate of drug-likeness (QED) is 0.442. The summed E-state index contributed by atoms with van der Waals surface area (Å²) in [6.45, 7) is -0.464. The van der Waals surface area contributed by atoms with E-state index in [1.54, 1.807) is 0 Å². The van der Waals surface area contributed by atoms with E-state index in [1.807, 2.05) is 0 Å². The maximum absolute atomic E-state index is 14.7. The fraction of sp³-hybridized carbons (Fsp3) is 0.421. The van der Waals surface area contributed by atoms with Crippen LogP contribution in [0.3, 0.4) is 0 Å². The first-order valence-corrected chi connectivity index (χ1v) is 10.1. The molecule has 32 heavy (non-hydrogen) atoms. The summed E-state index contributed by atoms with van der Waals surface area (Å²) in [5, 5.41) is -0.177. The van der Waals surface area contributed by atoms with Crippen LogP contribution in [0.4, 0.5) is 4.39 Å². The average Bonchev–Trinajstić information content (AvgIpc) is 3.52. The zero-order chi connectivity index (χ0) is 24.0. The molecule has 1 amide bonds. The Balaban J connectivity index is 1.99. The highest BCUT2D eigenvalue weighted by Crippen LogP contribution is 2.44. The zero-order valence-electron chi connectivity index (χ0n) is 17.7. The number of benzene rings is 1. The summed E-state index contributed by atoms with van der Waals surface area (Å²) >= 11 is 11.1. The Morgan fingerprint density at radius 3 is 2.25 bits per heavy atom. The van der Waals surface area contributed by atoms with E-state index in [1.165, 1.54) is 33.1 Å². The molecule has 13 heteroatoms. The van der Waals surface area contributed by atoms with Crippen molar-refractivity contribution < 1.29 is 23.5 Å². The molecule has 0 N–H and O–H groups in total. The first kappa shape index (κ1) is 23.7. The van der Waals surface area contributed by atoms with Crippen molar-refractivity contribution in [3.8, 4) is 11.4 Å². The molecule has 0 spiro atoms. The number of nitrogens with zero attached hydrogens (tertiary/aromatic N) is 4. The number of aromatic nitrogens is 3. The SMILES string of the molecule is CN(C)C(=O)COC(=O)C1(Oc2cc(-n3c(=O)n(C)c(=S)n(C)c3=O)c(F)cc2Cl)CC1. The number of hydrogen-bond acceptors (Lipinski definition) is 7. The van der Waals surface area contributed by atoms with Gasteiger partial charge in [-0.1, -0.05) is 11.6 Å². The molecular formula is C19H20ClFN4O6S. The maximum Gasteiger partial charge on any atom is 0.350 e. The number of esters is 1. The van der Waals surface area contributed by atoms with Gasteiger partial charge in [0.2, 0.25) is 5.60 Å². The van der Waals surface area contributed by atoms with E-state index in [4.69, 9.17) is 33.3 Å².